The number of rotatable bonds is 6. The molecule has 1 fully saturated rings. The van der Waals surface area contributed by atoms with Crippen LogP contribution in [0.3, 0.4) is 0 Å². The van der Waals surface area contributed by atoms with Gasteiger partial charge < -0.3 is 15.0 Å². The van der Waals surface area contributed by atoms with E-state index in [1.165, 1.54) is 0 Å². The molecule has 3 rings (SSSR count). The molecule has 1 aliphatic rings. The summed E-state index contributed by atoms with van der Waals surface area (Å²) in [6.45, 7) is 3.14. The Balaban J connectivity index is 1.60. The van der Waals surface area contributed by atoms with Crippen molar-refractivity contribution in [1.82, 2.24) is 4.90 Å². The van der Waals surface area contributed by atoms with Crippen LogP contribution >= 0.6 is 0 Å². The first-order valence-electron chi connectivity index (χ1n) is 9.53. The molecule has 1 saturated heterocycles. The molecule has 1 heterocycles. The van der Waals surface area contributed by atoms with E-state index in [0.29, 0.717) is 11.3 Å². The lowest BCUT2D eigenvalue weighted by Gasteiger charge is -2.33. The second-order valence-electron chi connectivity index (χ2n) is 6.85. The van der Waals surface area contributed by atoms with Gasteiger partial charge in [0.2, 0.25) is 5.91 Å². The van der Waals surface area contributed by atoms with Gasteiger partial charge in [-0.1, -0.05) is 30.3 Å². The Bertz CT molecular complexity index is 776. The normalized spacial score (nSPS) is 16.6. The lowest BCUT2D eigenvalue weighted by molar-refractivity contribution is -0.116. The van der Waals surface area contributed by atoms with Crippen LogP contribution in [0.4, 0.5) is 5.69 Å². The number of piperidine rings is 1. The van der Waals surface area contributed by atoms with Gasteiger partial charge in [0.05, 0.1) is 24.3 Å². The Morgan fingerprint density at radius 2 is 1.81 bits per heavy atom. The summed E-state index contributed by atoms with van der Waals surface area (Å²) in [5.41, 5.74) is 1.11. The Hall–Kier alpha value is -2.82. The molecule has 2 amide bonds. The SMILES string of the molecule is CC1CCCCN1C(=O)c1ccccc1NC(=O)CCOc1ccccc1. The van der Waals surface area contributed by atoms with Crippen molar-refractivity contribution in [1.29, 1.82) is 0 Å². The van der Waals surface area contributed by atoms with Gasteiger partial charge in [0.25, 0.3) is 5.91 Å². The fourth-order valence-electron chi connectivity index (χ4n) is 3.32. The summed E-state index contributed by atoms with van der Waals surface area (Å²) >= 11 is 0. The topological polar surface area (TPSA) is 58.6 Å². The van der Waals surface area contributed by atoms with E-state index in [0.717, 1.165) is 31.6 Å². The number of anilines is 1. The minimum absolute atomic E-state index is 0.0152. The highest BCUT2D eigenvalue weighted by Crippen LogP contribution is 2.23. The molecule has 0 aliphatic carbocycles. The zero-order valence-electron chi connectivity index (χ0n) is 15.7. The molecule has 0 bridgehead atoms. The Labute approximate surface area is 160 Å². The number of amides is 2. The third-order valence-electron chi connectivity index (χ3n) is 4.84. The molecule has 0 spiro atoms. The molecule has 0 saturated carbocycles. The first kappa shape index (κ1) is 19.0. The second kappa shape index (κ2) is 9.21. The van der Waals surface area contributed by atoms with Crippen molar-refractivity contribution < 1.29 is 14.3 Å². The second-order valence-corrected chi connectivity index (χ2v) is 6.85. The summed E-state index contributed by atoms with van der Waals surface area (Å²) in [5, 5.41) is 2.87. The van der Waals surface area contributed by atoms with E-state index in [9.17, 15) is 9.59 Å². The number of ether oxygens (including phenoxy) is 1. The fraction of sp³-hybridized carbons (Fsp3) is 0.364. The maximum Gasteiger partial charge on any atom is 0.256 e. The summed E-state index contributed by atoms with van der Waals surface area (Å²) in [5.74, 6) is 0.552. The first-order valence-corrected chi connectivity index (χ1v) is 9.53. The summed E-state index contributed by atoms with van der Waals surface area (Å²) < 4.78 is 5.57. The molecule has 2 aromatic carbocycles. The Morgan fingerprint density at radius 1 is 1.07 bits per heavy atom. The number of hydrogen-bond donors (Lipinski definition) is 1. The monoisotopic (exact) mass is 366 g/mol. The number of carbonyl (C=O) groups is 2. The third-order valence-corrected chi connectivity index (χ3v) is 4.84. The molecule has 0 radical (unpaired) electrons. The van der Waals surface area contributed by atoms with Crippen LogP contribution in [0.1, 0.15) is 43.0 Å². The van der Waals surface area contributed by atoms with E-state index in [2.05, 4.69) is 12.2 Å². The lowest BCUT2D eigenvalue weighted by Crippen LogP contribution is -2.42. The maximum atomic E-state index is 13.0. The summed E-state index contributed by atoms with van der Waals surface area (Å²) in [7, 11) is 0. The number of hydrogen-bond acceptors (Lipinski definition) is 3. The first-order chi connectivity index (χ1) is 13.1. The van der Waals surface area contributed by atoms with E-state index in [4.69, 9.17) is 4.74 Å². The number of nitrogens with one attached hydrogen (secondary N) is 1. The quantitative estimate of drug-likeness (QED) is 0.837. The number of likely N-dealkylation sites (tertiary alicyclic amines) is 1. The van der Waals surface area contributed by atoms with E-state index in [-0.39, 0.29) is 30.9 Å². The molecule has 2 aromatic rings. The van der Waals surface area contributed by atoms with Gasteiger partial charge >= 0.3 is 0 Å². The van der Waals surface area contributed by atoms with Crippen LogP contribution in [0.2, 0.25) is 0 Å². The van der Waals surface area contributed by atoms with Crippen LogP contribution in [-0.2, 0) is 4.79 Å². The fourth-order valence-corrected chi connectivity index (χ4v) is 3.32. The highest BCUT2D eigenvalue weighted by atomic mass is 16.5. The Kier molecular flexibility index (Phi) is 6.47. The molecular formula is C22H26N2O3. The highest BCUT2D eigenvalue weighted by molar-refractivity contribution is 6.03. The highest BCUT2D eigenvalue weighted by Gasteiger charge is 2.26. The molecule has 1 atom stereocenters. The average Bonchev–Trinajstić information content (AvgIpc) is 2.69. The maximum absolute atomic E-state index is 13.0. The van der Waals surface area contributed by atoms with Crippen LogP contribution in [0.15, 0.2) is 54.6 Å². The van der Waals surface area contributed by atoms with Gasteiger partial charge in [0.15, 0.2) is 0 Å². The average molecular weight is 366 g/mol. The summed E-state index contributed by atoms with van der Waals surface area (Å²) in [6.07, 6.45) is 3.43. The molecule has 1 N–H and O–H groups in total. The Morgan fingerprint density at radius 3 is 2.59 bits per heavy atom. The van der Waals surface area contributed by atoms with Crippen LogP contribution in [-0.4, -0.2) is 35.9 Å². The van der Waals surface area contributed by atoms with E-state index >= 15 is 0 Å². The predicted molar refractivity (Wildman–Crippen MR) is 106 cm³/mol. The van der Waals surface area contributed by atoms with Crippen molar-refractivity contribution >= 4 is 17.5 Å². The van der Waals surface area contributed by atoms with Crippen molar-refractivity contribution in [2.75, 3.05) is 18.5 Å². The van der Waals surface area contributed by atoms with E-state index < -0.39 is 0 Å². The molecule has 142 valence electrons. The van der Waals surface area contributed by atoms with Crippen molar-refractivity contribution in [3.05, 3.63) is 60.2 Å². The van der Waals surface area contributed by atoms with Gasteiger partial charge in [0.1, 0.15) is 5.75 Å². The van der Waals surface area contributed by atoms with Crippen molar-refractivity contribution in [3.63, 3.8) is 0 Å². The van der Waals surface area contributed by atoms with Crippen molar-refractivity contribution in [2.45, 2.75) is 38.6 Å². The molecule has 1 unspecified atom stereocenters. The summed E-state index contributed by atoms with van der Waals surface area (Å²) in [6, 6.07) is 16.8. The number of nitrogens with zero attached hydrogens (tertiary/aromatic N) is 1. The van der Waals surface area contributed by atoms with Gasteiger partial charge in [-0.15, -0.1) is 0 Å². The van der Waals surface area contributed by atoms with Gasteiger partial charge in [-0.2, -0.15) is 0 Å². The third kappa shape index (κ3) is 5.09. The van der Waals surface area contributed by atoms with Crippen LogP contribution in [0.5, 0.6) is 5.75 Å². The molecule has 1 aliphatic heterocycles. The van der Waals surface area contributed by atoms with Crippen molar-refractivity contribution in [2.24, 2.45) is 0 Å². The minimum atomic E-state index is -0.169. The van der Waals surface area contributed by atoms with Crippen LogP contribution in [0, 0.1) is 0 Å². The number of carbonyl (C=O) groups excluding carboxylic acids is 2. The molecule has 5 nitrogen and oxygen atoms in total. The summed E-state index contributed by atoms with van der Waals surface area (Å²) in [4.78, 5) is 27.2. The van der Waals surface area contributed by atoms with E-state index in [1.807, 2.05) is 47.4 Å². The van der Waals surface area contributed by atoms with Gasteiger partial charge in [-0.05, 0) is 50.5 Å². The smallest absolute Gasteiger partial charge is 0.256 e. The molecule has 5 heteroatoms. The van der Waals surface area contributed by atoms with Crippen LogP contribution in [0.25, 0.3) is 0 Å². The lowest BCUT2D eigenvalue weighted by atomic mass is 10.0. The zero-order chi connectivity index (χ0) is 19.1. The number of para-hydroxylation sites is 2. The van der Waals surface area contributed by atoms with Gasteiger partial charge in [0, 0.05) is 12.6 Å². The molecule has 0 aromatic heterocycles. The predicted octanol–water partition coefficient (Wildman–Crippen LogP) is 4.11. The van der Waals surface area contributed by atoms with E-state index in [1.54, 1.807) is 12.1 Å². The standard InChI is InChI=1S/C22H26N2O3/c1-17-9-7-8-15-24(17)22(26)19-12-5-6-13-20(19)23-21(25)14-16-27-18-10-3-2-4-11-18/h2-6,10-13,17H,7-9,14-16H2,1H3,(H,23,25). The minimum Gasteiger partial charge on any atom is -0.493 e. The van der Waals surface area contributed by atoms with Gasteiger partial charge in [-0.25, -0.2) is 0 Å². The van der Waals surface area contributed by atoms with Crippen LogP contribution < -0.4 is 10.1 Å². The van der Waals surface area contributed by atoms with Gasteiger partial charge in [-0.3, -0.25) is 9.59 Å². The zero-order valence-corrected chi connectivity index (χ0v) is 15.7. The number of benzene rings is 2. The molecule has 27 heavy (non-hydrogen) atoms. The molecular weight excluding hydrogens is 340 g/mol. The van der Waals surface area contributed by atoms with Crippen molar-refractivity contribution in [3.8, 4) is 5.75 Å². The largest absolute Gasteiger partial charge is 0.493 e.